The molecule has 0 bridgehead atoms. The molecule has 0 spiro atoms. The molecule has 0 radical (unpaired) electrons. The molecule has 1 saturated heterocycles. The zero-order chi connectivity index (χ0) is 15.5. The minimum atomic E-state index is -0.383. The topological polar surface area (TPSA) is 39.6 Å². The normalized spacial score (nSPS) is 17.7. The zero-order valence-corrected chi connectivity index (χ0v) is 14.0. The van der Waals surface area contributed by atoms with E-state index in [-0.39, 0.29) is 6.10 Å². The monoisotopic (exact) mass is 317 g/mol. The molecule has 3 heterocycles. The highest BCUT2D eigenvalue weighted by atomic mass is 32.1. The first-order valence-corrected chi connectivity index (χ1v) is 8.58. The number of nitrogens with zero attached hydrogens (tertiary/aromatic N) is 3. The van der Waals surface area contributed by atoms with Crippen molar-refractivity contribution in [2.75, 3.05) is 37.6 Å². The van der Waals surface area contributed by atoms with E-state index in [0.717, 1.165) is 37.6 Å². The Morgan fingerprint density at radius 1 is 1.23 bits per heavy atom. The molecule has 2 aromatic rings. The first-order chi connectivity index (χ1) is 10.6. The summed E-state index contributed by atoms with van der Waals surface area (Å²) < 4.78 is 0. The Kier molecular flexibility index (Phi) is 4.76. The van der Waals surface area contributed by atoms with Crippen LogP contribution >= 0.6 is 11.3 Å². The van der Waals surface area contributed by atoms with E-state index in [2.05, 4.69) is 40.8 Å². The van der Waals surface area contributed by atoms with Gasteiger partial charge in [0.25, 0.3) is 0 Å². The van der Waals surface area contributed by atoms with Gasteiger partial charge in [0.05, 0.1) is 6.10 Å². The maximum absolute atomic E-state index is 10.5. The van der Waals surface area contributed by atoms with Gasteiger partial charge in [-0.25, -0.2) is 4.98 Å². The summed E-state index contributed by atoms with van der Waals surface area (Å²) in [7, 11) is 0. The maximum Gasteiger partial charge on any atom is 0.128 e. The van der Waals surface area contributed by atoms with Crippen LogP contribution in [-0.2, 0) is 0 Å². The van der Waals surface area contributed by atoms with E-state index in [1.54, 1.807) is 11.3 Å². The lowest BCUT2D eigenvalue weighted by atomic mass is 10.1. The number of hydrogen-bond donors (Lipinski definition) is 1. The van der Waals surface area contributed by atoms with Crippen molar-refractivity contribution < 1.29 is 5.11 Å². The molecule has 1 aliphatic rings. The van der Waals surface area contributed by atoms with E-state index in [4.69, 9.17) is 0 Å². The third-order valence-electron chi connectivity index (χ3n) is 4.22. The largest absolute Gasteiger partial charge is 0.387 e. The number of β-amino-alcohol motifs (C(OH)–C–C–N with tert-alkyl or cyclic N) is 1. The number of pyridine rings is 1. The van der Waals surface area contributed by atoms with Crippen LogP contribution in [0.15, 0.2) is 30.5 Å². The molecule has 22 heavy (non-hydrogen) atoms. The van der Waals surface area contributed by atoms with Crippen LogP contribution in [-0.4, -0.2) is 47.7 Å². The van der Waals surface area contributed by atoms with Gasteiger partial charge in [-0.2, -0.15) is 0 Å². The fourth-order valence-corrected chi connectivity index (χ4v) is 4.01. The molecule has 4 nitrogen and oxygen atoms in total. The predicted octanol–water partition coefficient (Wildman–Crippen LogP) is 2.62. The van der Waals surface area contributed by atoms with Crippen LogP contribution in [0.2, 0.25) is 0 Å². The van der Waals surface area contributed by atoms with Crippen LogP contribution in [0.3, 0.4) is 0 Å². The number of aromatic nitrogens is 1. The molecular weight excluding hydrogens is 294 g/mol. The molecule has 1 atom stereocenters. The molecule has 0 aliphatic carbocycles. The lowest BCUT2D eigenvalue weighted by Crippen LogP contribution is -2.47. The average molecular weight is 317 g/mol. The van der Waals surface area contributed by atoms with E-state index >= 15 is 0 Å². The van der Waals surface area contributed by atoms with Crippen molar-refractivity contribution in [3.05, 3.63) is 45.8 Å². The lowest BCUT2D eigenvalue weighted by molar-refractivity contribution is 0.109. The second-order valence-electron chi connectivity index (χ2n) is 5.86. The SMILES string of the molecule is Cc1cc([C@@H](O)CN2CCN(c3ccccn3)CC2)c(C)s1. The minimum Gasteiger partial charge on any atom is -0.387 e. The van der Waals surface area contributed by atoms with Crippen LogP contribution in [0.5, 0.6) is 0 Å². The van der Waals surface area contributed by atoms with Crippen molar-refractivity contribution in [3.8, 4) is 0 Å². The van der Waals surface area contributed by atoms with Gasteiger partial charge >= 0.3 is 0 Å². The minimum absolute atomic E-state index is 0.383. The van der Waals surface area contributed by atoms with Crippen LogP contribution in [0.25, 0.3) is 0 Å². The molecule has 0 amide bonds. The van der Waals surface area contributed by atoms with Gasteiger partial charge in [0.15, 0.2) is 0 Å². The Labute approximate surface area is 136 Å². The molecular formula is C17H23N3OS. The number of rotatable bonds is 4. The van der Waals surface area contributed by atoms with E-state index in [9.17, 15) is 5.11 Å². The van der Waals surface area contributed by atoms with Crippen molar-refractivity contribution in [1.29, 1.82) is 0 Å². The quantitative estimate of drug-likeness (QED) is 0.941. The zero-order valence-electron chi connectivity index (χ0n) is 13.2. The van der Waals surface area contributed by atoms with E-state index in [0.29, 0.717) is 6.54 Å². The van der Waals surface area contributed by atoms with Gasteiger partial charge in [0.2, 0.25) is 0 Å². The van der Waals surface area contributed by atoms with Crippen LogP contribution in [0, 0.1) is 13.8 Å². The van der Waals surface area contributed by atoms with E-state index < -0.39 is 0 Å². The molecule has 118 valence electrons. The van der Waals surface area contributed by atoms with E-state index in [1.807, 2.05) is 18.3 Å². The lowest BCUT2D eigenvalue weighted by Gasteiger charge is -2.36. The highest BCUT2D eigenvalue weighted by Gasteiger charge is 2.21. The fourth-order valence-electron chi connectivity index (χ4n) is 3.02. The summed E-state index contributed by atoms with van der Waals surface area (Å²) in [4.78, 5) is 11.6. The number of aliphatic hydroxyl groups is 1. The molecule has 5 heteroatoms. The highest BCUT2D eigenvalue weighted by Crippen LogP contribution is 2.27. The third kappa shape index (κ3) is 3.48. The Bertz CT molecular complexity index is 606. The Hall–Kier alpha value is -1.43. The number of aryl methyl sites for hydroxylation is 2. The molecule has 0 aromatic carbocycles. The first kappa shape index (κ1) is 15.5. The van der Waals surface area contributed by atoms with Gasteiger partial charge in [-0.05, 0) is 37.6 Å². The second kappa shape index (κ2) is 6.77. The van der Waals surface area contributed by atoms with Crippen LogP contribution in [0.4, 0.5) is 5.82 Å². The van der Waals surface area contributed by atoms with Gasteiger partial charge in [0.1, 0.15) is 5.82 Å². The molecule has 0 saturated carbocycles. The second-order valence-corrected chi connectivity index (χ2v) is 7.32. The number of anilines is 1. The molecule has 2 aromatic heterocycles. The van der Waals surface area contributed by atoms with Gasteiger partial charge in [-0.15, -0.1) is 11.3 Å². The van der Waals surface area contributed by atoms with E-state index in [1.165, 1.54) is 9.75 Å². The summed E-state index contributed by atoms with van der Waals surface area (Å²) in [5, 5.41) is 10.5. The fraction of sp³-hybridized carbons (Fsp3) is 0.471. The van der Waals surface area contributed by atoms with Crippen molar-refractivity contribution in [2.45, 2.75) is 20.0 Å². The van der Waals surface area contributed by atoms with Gasteiger partial charge < -0.3 is 10.0 Å². The van der Waals surface area contributed by atoms with Gasteiger partial charge in [-0.3, -0.25) is 4.90 Å². The Morgan fingerprint density at radius 2 is 2.00 bits per heavy atom. The van der Waals surface area contributed by atoms with Crippen molar-refractivity contribution >= 4 is 17.2 Å². The summed E-state index contributed by atoms with van der Waals surface area (Å²) in [6.07, 6.45) is 1.46. The summed E-state index contributed by atoms with van der Waals surface area (Å²) >= 11 is 1.76. The molecule has 3 rings (SSSR count). The van der Waals surface area contributed by atoms with Crippen molar-refractivity contribution in [1.82, 2.24) is 9.88 Å². The number of thiophene rings is 1. The first-order valence-electron chi connectivity index (χ1n) is 7.77. The van der Waals surface area contributed by atoms with Crippen LogP contribution < -0.4 is 4.90 Å². The number of aliphatic hydroxyl groups excluding tert-OH is 1. The summed E-state index contributed by atoms with van der Waals surface area (Å²) in [5.41, 5.74) is 1.09. The number of hydrogen-bond acceptors (Lipinski definition) is 5. The Balaban J connectivity index is 1.55. The third-order valence-corrected chi connectivity index (χ3v) is 5.20. The number of piperazine rings is 1. The summed E-state index contributed by atoms with van der Waals surface area (Å²) in [6, 6.07) is 8.15. The molecule has 1 aliphatic heterocycles. The molecule has 1 N–H and O–H groups in total. The van der Waals surface area contributed by atoms with Gasteiger partial charge in [-0.1, -0.05) is 6.07 Å². The Morgan fingerprint density at radius 3 is 2.59 bits per heavy atom. The standard InChI is InChI=1S/C17H23N3OS/c1-13-11-15(14(2)22-13)16(21)12-19-7-9-20(10-8-19)17-5-3-4-6-18-17/h3-6,11,16,21H,7-10,12H2,1-2H3/t16-/m0/s1. The summed E-state index contributed by atoms with van der Waals surface area (Å²) in [5.74, 6) is 1.05. The average Bonchev–Trinajstić information content (AvgIpc) is 2.88. The van der Waals surface area contributed by atoms with Crippen LogP contribution in [0.1, 0.15) is 21.4 Å². The molecule has 0 unspecified atom stereocenters. The predicted molar refractivity (Wildman–Crippen MR) is 91.6 cm³/mol. The molecule has 1 fully saturated rings. The maximum atomic E-state index is 10.5. The summed E-state index contributed by atoms with van der Waals surface area (Å²) in [6.45, 7) is 8.77. The van der Waals surface area contributed by atoms with Crippen molar-refractivity contribution in [2.24, 2.45) is 0 Å². The van der Waals surface area contributed by atoms with Gasteiger partial charge in [0, 0.05) is 48.7 Å². The highest BCUT2D eigenvalue weighted by molar-refractivity contribution is 7.12. The van der Waals surface area contributed by atoms with Crippen molar-refractivity contribution in [3.63, 3.8) is 0 Å². The smallest absolute Gasteiger partial charge is 0.128 e.